The minimum Gasteiger partial charge on any atom is -0.308 e. The zero-order valence-electron chi connectivity index (χ0n) is 6.59. The van der Waals surface area contributed by atoms with Gasteiger partial charge in [-0.3, -0.25) is 14.8 Å². The van der Waals surface area contributed by atoms with Crippen molar-refractivity contribution in [2.75, 3.05) is 0 Å². The second-order valence-corrected chi connectivity index (χ2v) is 3.25. The first-order chi connectivity index (χ1) is 6.09. The van der Waals surface area contributed by atoms with Crippen molar-refractivity contribution in [2.24, 2.45) is 7.05 Å². The molecular formula is C6H5BrN4O2. The van der Waals surface area contributed by atoms with E-state index in [2.05, 4.69) is 30.9 Å². The highest BCUT2D eigenvalue weighted by Gasteiger charge is 2.08. The number of hydrogen-bond donors (Lipinski definition) is 2. The van der Waals surface area contributed by atoms with E-state index in [9.17, 15) is 9.59 Å². The van der Waals surface area contributed by atoms with E-state index in [0.717, 1.165) is 0 Å². The molecule has 0 aromatic carbocycles. The predicted molar refractivity (Wildman–Crippen MR) is 49.7 cm³/mol. The summed E-state index contributed by atoms with van der Waals surface area (Å²) < 4.78 is 2.07. The molecule has 0 aliphatic rings. The molecule has 7 heteroatoms. The molecule has 2 rings (SSSR count). The average molecular weight is 245 g/mol. The van der Waals surface area contributed by atoms with Gasteiger partial charge in [0.1, 0.15) is 5.65 Å². The van der Waals surface area contributed by atoms with Gasteiger partial charge in [-0.25, -0.2) is 9.78 Å². The van der Waals surface area contributed by atoms with Crippen molar-refractivity contribution in [1.29, 1.82) is 0 Å². The summed E-state index contributed by atoms with van der Waals surface area (Å²) in [5.74, 6) is 0. The largest absolute Gasteiger partial charge is 0.327 e. The number of nitrogens with one attached hydrogen (secondary N) is 2. The quantitative estimate of drug-likeness (QED) is 0.625. The highest BCUT2D eigenvalue weighted by Crippen LogP contribution is 2.11. The number of rotatable bonds is 0. The Kier molecular flexibility index (Phi) is 1.62. The maximum Gasteiger partial charge on any atom is 0.327 e. The lowest BCUT2D eigenvalue weighted by molar-refractivity contribution is 0.890. The molecule has 6 nitrogen and oxygen atoms in total. The molecule has 13 heavy (non-hydrogen) atoms. The van der Waals surface area contributed by atoms with Crippen LogP contribution in [0.3, 0.4) is 0 Å². The van der Waals surface area contributed by atoms with Crippen molar-refractivity contribution in [3.05, 3.63) is 25.6 Å². The minimum atomic E-state index is -0.534. The summed E-state index contributed by atoms with van der Waals surface area (Å²) in [7, 11) is 1.69. The van der Waals surface area contributed by atoms with Gasteiger partial charge in [-0.2, -0.15) is 0 Å². The Bertz CT molecular complexity index is 578. The maximum atomic E-state index is 11.2. The highest BCUT2D eigenvalue weighted by molar-refractivity contribution is 9.10. The molecule has 0 aliphatic heterocycles. The van der Waals surface area contributed by atoms with Crippen molar-refractivity contribution < 1.29 is 0 Å². The molecule has 68 valence electrons. The van der Waals surface area contributed by atoms with Gasteiger partial charge < -0.3 is 4.57 Å². The lowest BCUT2D eigenvalue weighted by Gasteiger charge is -1.92. The summed E-state index contributed by atoms with van der Waals surface area (Å²) in [6.07, 6.45) is 0. The van der Waals surface area contributed by atoms with Gasteiger partial charge in [0, 0.05) is 7.05 Å². The Morgan fingerprint density at radius 3 is 2.77 bits per heavy atom. The summed E-state index contributed by atoms with van der Waals surface area (Å²) in [4.78, 5) is 30.6. The third-order valence-electron chi connectivity index (χ3n) is 1.71. The fourth-order valence-electron chi connectivity index (χ4n) is 1.07. The summed E-state index contributed by atoms with van der Waals surface area (Å²) in [5, 5.41) is 0. The number of aromatic nitrogens is 4. The molecule has 0 unspecified atom stereocenters. The van der Waals surface area contributed by atoms with Crippen LogP contribution in [-0.2, 0) is 7.05 Å². The number of H-pyrrole nitrogens is 2. The fourth-order valence-corrected chi connectivity index (χ4v) is 1.43. The van der Waals surface area contributed by atoms with Gasteiger partial charge in [0.2, 0.25) is 0 Å². The van der Waals surface area contributed by atoms with Gasteiger partial charge in [0.05, 0.1) is 0 Å². The summed E-state index contributed by atoms with van der Waals surface area (Å²) in [5.41, 5.74) is -0.400. The molecule has 2 aromatic heterocycles. The van der Waals surface area contributed by atoms with E-state index in [1.54, 1.807) is 11.6 Å². The smallest absolute Gasteiger partial charge is 0.308 e. The zero-order chi connectivity index (χ0) is 9.59. The molecular weight excluding hydrogens is 240 g/mol. The van der Waals surface area contributed by atoms with Crippen LogP contribution in [0.15, 0.2) is 14.3 Å². The predicted octanol–water partition coefficient (Wildman–Crippen LogP) is -0.288. The molecule has 2 heterocycles. The van der Waals surface area contributed by atoms with Gasteiger partial charge in [-0.15, -0.1) is 0 Å². The molecule has 0 aliphatic carbocycles. The Morgan fingerprint density at radius 1 is 1.38 bits per heavy atom. The highest BCUT2D eigenvalue weighted by atomic mass is 79.9. The van der Waals surface area contributed by atoms with E-state index in [-0.39, 0.29) is 5.52 Å². The third kappa shape index (κ3) is 1.12. The number of nitrogens with zero attached hydrogens (tertiary/aromatic N) is 2. The van der Waals surface area contributed by atoms with Gasteiger partial charge >= 0.3 is 5.69 Å². The topological polar surface area (TPSA) is 83.5 Å². The van der Waals surface area contributed by atoms with Crippen molar-refractivity contribution in [2.45, 2.75) is 0 Å². The molecule has 0 bridgehead atoms. The van der Waals surface area contributed by atoms with E-state index in [1.165, 1.54) is 0 Å². The monoisotopic (exact) mass is 244 g/mol. The van der Waals surface area contributed by atoms with Crippen LogP contribution in [0.5, 0.6) is 0 Å². The molecule has 0 spiro atoms. The number of fused-ring (bicyclic) bond motifs is 1. The number of aryl methyl sites for hydroxylation is 1. The minimum absolute atomic E-state index is 0.217. The molecule has 0 atom stereocenters. The van der Waals surface area contributed by atoms with Gasteiger partial charge in [0.25, 0.3) is 5.56 Å². The van der Waals surface area contributed by atoms with E-state index in [1.807, 2.05) is 0 Å². The Morgan fingerprint density at radius 2 is 2.08 bits per heavy atom. The second kappa shape index (κ2) is 2.56. The van der Waals surface area contributed by atoms with Crippen LogP contribution < -0.4 is 11.2 Å². The van der Waals surface area contributed by atoms with Crippen LogP contribution in [-0.4, -0.2) is 19.5 Å². The van der Waals surface area contributed by atoms with Crippen LogP contribution in [0, 0.1) is 0 Å². The van der Waals surface area contributed by atoms with Crippen LogP contribution in [0.4, 0.5) is 0 Å². The standard InChI is InChI=1S/C6H5BrN4O2/c1-11-3-2(8-5(11)7)4(12)10-6(13)9-3/h1H3,(H2,9,10,12,13). The SMILES string of the molecule is Cn1c(Br)nc2c(=O)[nH]c(=O)[nH]c21. The van der Waals surface area contributed by atoms with Gasteiger partial charge in [-0.05, 0) is 15.9 Å². The van der Waals surface area contributed by atoms with Crippen LogP contribution in [0.1, 0.15) is 0 Å². The number of hydrogen-bond acceptors (Lipinski definition) is 3. The summed E-state index contributed by atoms with van der Waals surface area (Å²) >= 11 is 3.14. The molecule has 0 saturated heterocycles. The first-order valence-corrected chi connectivity index (χ1v) is 4.23. The molecule has 0 radical (unpaired) electrons. The summed E-state index contributed by atoms with van der Waals surface area (Å²) in [6.45, 7) is 0. The van der Waals surface area contributed by atoms with Gasteiger partial charge in [-0.1, -0.05) is 0 Å². The number of halogens is 1. The Hall–Kier alpha value is -1.37. The van der Waals surface area contributed by atoms with Crippen molar-refractivity contribution in [3.8, 4) is 0 Å². The fraction of sp³-hybridized carbons (Fsp3) is 0.167. The first-order valence-electron chi connectivity index (χ1n) is 3.44. The van der Waals surface area contributed by atoms with E-state index >= 15 is 0 Å². The molecule has 0 saturated carbocycles. The van der Waals surface area contributed by atoms with Crippen molar-refractivity contribution >= 4 is 27.1 Å². The molecule has 0 amide bonds. The maximum absolute atomic E-state index is 11.2. The normalized spacial score (nSPS) is 10.9. The van der Waals surface area contributed by atoms with Crippen molar-refractivity contribution in [1.82, 2.24) is 19.5 Å². The van der Waals surface area contributed by atoms with Crippen molar-refractivity contribution in [3.63, 3.8) is 0 Å². The molecule has 2 N–H and O–H groups in total. The number of imidazole rings is 1. The lowest BCUT2D eigenvalue weighted by atomic mass is 10.5. The van der Waals surface area contributed by atoms with Gasteiger partial charge in [0.15, 0.2) is 10.3 Å². The molecule has 0 fully saturated rings. The second-order valence-electron chi connectivity index (χ2n) is 2.55. The summed E-state index contributed by atoms with van der Waals surface area (Å²) in [6, 6.07) is 0. The first kappa shape index (κ1) is 8.24. The van der Waals surface area contributed by atoms with E-state index in [0.29, 0.717) is 10.4 Å². The Labute approximate surface area is 79.7 Å². The van der Waals surface area contributed by atoms with E-state index < -0.39 is 11.2 Å². The average Bonchev–Trinajstić information content (AvgIpc) is 2.32. The van der Waals surface area contributed by atoms with Crippen LogP contribution >= 0.6 is 15.9 Å². The van der Waals surface area contributed by atoms with Crippen LogP contribution in [0.2, 0.25) is 0 Å². The van der Waals surface area contributed by atoms with Crippen LogP contribution in [0.25, 0.3) is 11.2 Å². The lowest BCUT2D eigenvalue weighted by Crippen LogP contribution is -2.22. The third-order valence-corrected chi connectivity index (χ3v) is 2.42. The Balaban J connectivity index is 3.12. The zero-order valence-corrected chi connectivity index (χ0v) is 8.17. The number of aromatic amines is 2. The van der Waals surface area contributed by atoms with E-state index in [4.69, 9.17) is 0 Å². The molecule has 2 aromatic rings.